The molecule has 1 aromatic heterocycles. The normalized spacial score (nSPS) is 10.5. The number of hydrogen-bond donors (Lipinski definition) is 1. The van der Waals surface area contributed by atoms with Crippen LogP contribution in [0.15, 0.2) is 48.8 Å². The summed E-state index contributed by atoms with van der Waals surface area (Å²) >= 11 is 5.78. The first-order valence-corrected chi connectivity index (χ1v) is 8.45. The molecule has 0 bridgehead atoms. The molecule has 0 radical (unpaired) electrons. The first-order valence-electron chi connectivity index (χ1n) is 8.07. The minimum absolute atomic E-state index is 0. The van der Waals surface area contributed by atoms with Gasteiger partial charge in [-0.25, -0.2) is 9.36 Å². The third-order valence-corrected chi connectivity index (χ3v) is 3.71. The van der Waals surface area contributed by atoms with E-state index in [2.05, 4.69) is 5.32 Å². The van der Waals surface area contributed by atoms with Gasteiger partial charge in [-0.2, -0.15) is 0 Å². The molecule has 2 aromatic rings. The van der Waals surface area contributed by atoms with Gasteiger partial charge in [0.25, 0.3) is 5.91 Å². The van der Waals surface area contributed by atoms with E-state index in [1.54, 1.807) is 62.6 Å². The van der Waals surface area contributed by atoms with E-state index in [-0.39, 0.29) is 43.1 Å². The smallest absolute Gasteiger partial charge is 0.344 e. The van der Waals surface area contributed by atoms with Crippen LogP contribution in [0.3, 0.4) is 0 Å². The lowest BCUT2D eigenvalue weighted by Gasteiger charge is -2.25. The van der Waals surface area contributed by atoms with E-state index in [1.165, 1.54) is 0 Å². The number of aryl methyl sites for hydroxylation is 1. The summed E-state index contributed by atoms with van der Waals surface area (Å²) in [6.45, 7) is 3.37. The second-order valence-electron chi connectivity index (χ2n) is 6.49. The van der Waals surface area contributed by atoms with Crippen LogP contribution in [-0.4, -0.2) is 30.6 Å². The zero-order valence-corrected chi connectivity index (χ0v) is 18.3. The van der Waals surface area contributed by atoms with Crippen molar-refractivity contribution in [3.8, 4) is 5.75 Å². The van der Waals surface area contributed by atoms with E-state index in [1.807, 2.05) is 11.6 Å². The van der Waals surface area contributed by atoms with Crippen LogP contribution in [-0.2, 0) is 16.6 Å². The molecule has 1 N–H and O–H groups in total. The highest BCUT2D eigenvalue weighted by Gasteiger charge is 2.23. The number of esters is 1. The maximum absolute atomic E-state index is 12.3. The van der Waals surface area contributed by atoms with Crippen LogP contribution >= 0.6 is 11.6 Å². The Hall–Kier alpha value is -1.87. The monoisotopic (exact) mass is 504 g/mol. The van der Waals surface area contributed by atoms with Crippen molar-refractivity contribution in [2.45, 2.75) is 19.4 Å². The topological polar surface area (TPSA) is 68.5 Å². The number of nitrogens with one attached hydrogen (secondary N) is 1. The third-order valence-electron chi connectivity index (χ3n) is 3.46. The molecule has 0 saturated carbocycles. The van der Waals surface area contributed by atoms with Gasteiger partial charge in [0.2, 0.25) is 0 Å². The number of benzene rings is 1. The molecule has 0 atom stereocenters. The van der Waals surface area contributed by atoms with Gasteiger partial charge < -0.3 is 38.8 Å². The number of ether oxygens (including phenoxy) is 2. The Bertz CT molecular complexity index is 764. The lowest BCUT2D eigenvalue weighted by atomic mass is 10.1. The Morgan fingerprint density at radius 3 is 2.30 bits per heavy atom. The first kappa shape index (κ1) is 23.2. The van der Waals surface area contributed by atoms with Crippen molar-refractivity contribution in [3.63, 3.8) is 0 Å². The summed E-state index contributed by atoms with van der Waals surface area (Å²) in [5, 5.41) is 3.43. The third kappa shape index (κ3) is 8.13. The molecule has 1 heterocycles. The molecule has 0 unspecified atom stereocenters. The van der Waals surface area contributed by atoms with Crippen molar-refractivity contribution >= 4 is 23.5 Å². The summed E-state index contributed by atoms with van der Waals surface area (Å²) in [5.41, 5.74) is -0.182. The highest BCUT2D eigenvalue weighted by Crippen LogP contribution is 2.15. The lowest BCUT2D eigenvalue weighted by Crippen LogP contribution is -3.00. The summed E-state index contributed by atoms with van der Waals surface area (Å²) in [4.78, 5) is 24.1. The summed E-state index contributed by atoms with van der Waals surface area (Å²) in [6.07, 6.45) is 3.58. The van der Waals surface area contributed by atoms with E-state index < -0.39 is 11.5 Å². The number of aromatic nitrogens is 1. The maximum atomic E-state index is 12.3. The fraction of sp³-hybridized carbons (Fsp3) is 0.316. The molecule has 2 rings (SSSR count). The molecule has 0 aliphatic rings. The fourth-order valence-electron chi connectivity index (χ4n) is 2.04. The number of nitrogens with zero attached hydrogens (tertiary/aromatic N) is 1. The van der Waals surface area contributed by atoms with Gasteiger partial charge in [-0.1, -0.05) is 11.6 Å². The molecule has 1 amide bonds. The number of rotatable bonds is 7. The van der Waals surface area contributed by atoms with Gasteiger partial charge in [0.15, 0.2) is 19.0 Å². The molecule has 0 fully saturated rings. The Kier molecular flexibility index (Phi) is 8.98. The van der Waals surface area contributed by atoms with E-state index in [0.717, 1.165) is 0 Å². The number of carbonyl (C=O) groups is 2. The largest absolute Gasteiger partial charge is 1.00 e. The van der Waals surface area contributed by atoms with Crippen molar-refractivity contribution in [1.29, 1.82) is 0 Å². The van der Waals surface area contributed by atoms with Crippen LogP contribution < -0.4 is 38.6 Å². The van der Waals surface area contributed by atoms with Gasteiger partial charge in [-0.05, 0) is 38.1 Å². The van der Waals surface area contributed by atoms with Crippen LogP contribution in [0.4, 0.5) is 0 Å². The maximum Gasteiger partial charge on any atom is 0.344 e. The summed E-state index contributed by atoms with van der Waals surface area (Å²) in [7, 11) is 1.87. The predicted molar refractivity (Wildman–Crippen MR) is 97.1 cm³/mol. The van der Waals surface area contributed by atoms with Crippen LogP contribution in [0.2, 0.25) is 5.02 Å². The van der Waals surface area contributed by atoms with Crippen molar-refractivity contribution in [2.24, 2.45) is 7.05 Å². The SMILES string of the molecule is C[n+]1ccc(C(=O)NC(C)(C)COC(=O)COc2ccc(Cl)cc2)cc1.[I-]. The molecule has 6 nitrogen and oxygen atoms in total. The molecule has 0 spiro atoms. The van der Waals surface area contributed by atoms with Gasteiger partial charge in [0.1, 0.15) is 19.4 Å². The predicted octanol–water partition coefficient (Wildman–Crippen LogP) is -0.701. The number of halogens is 2. The quantitative estimate of drug-likeness (QED) is 0.308. The Balaban J connectivity index is 0.00000364. The first-order chi connectivity index (χ1) is 12.2. The fourth-order valence-corrected chi connectivity index (χ4v) is 2.17. The summed E-state index contributed by atoms with van der Waals surface area (Å²) in [6, 6.07) is 10.1. The zero-order valence-electron chi connectivity index (χ0n) is 15.4. The average Bonchev–Trinajstić information content (AvgIpc) is 2.60. The van der Waals surface area contributed by atoms with Crippen LogP contribution in [0.5, 0.6) is 5.75 Å². The van der Waals surface area contributed by atoms with Gasteiger partial charge >= 0.3 is 5.97 Å². The van der Waals surface area contributed by atoms with Gasteiger partial charge in [0, 0.05) is 17.2 Å². The Morgan fingerprint density at radius 1 is 1.11 bits per heavy atom. The highest BCUT2D eigenvalue weighted by atomic mass is 127. The zero-order chi connectivity index (χ0) is 19.2. The second kappa shape index (κ2) is 10.5. The van der Waals surface area contributed by atoms with E-state index >= 15 is 0 Å². The molecular weight excluding hydrogens is 483 g/mol. The highest BCUT2D eigenvalue weighted by molar-refractivity contribution is 6.30. The van der Waals surface area contributed by atoms with Gasteiger partial charge in [-0.15, -0.1) is 0 Å². The van der Waals surface area contributed by atoms with Crippen LogP contribution in [0.1, 0.15) is 24.2 Å². The van der Waals surface area contributed by atoms with Crippen LogP contribution in [0, 0.1) is 0 Å². The van der Waals surface area contributed by atoms with Crippen molar-refractivity contribution in [2.75, 3.05) is 13.2 Å². The number of pyridine rings is 1. The number of amides is 1. The molecule has 146 valence electrons. The van der Waals surface area contributed by atoms with Crippen molar-refractivity contribution < 1.29 is 47.6 Å². The molecule has 0 aliphatic carbocycles. The molecule has 8 heteroatoms. The minimum atomic E-state index is -0.717. The van der Waals surface area contributed by atoms with Gasteiger partial charge in [-0.3, -0.25) is 4.79 Å². The standard InChI is InChI=1S/C19H21ClN2O4.HI/c1-19(2,21-18(24)14-8-10-22(3)11-9-14)13-26-17(23)12-25-16-6-4-15(20)5-7-16;/h4-11H,12-13H2,1-3H3;1H. The molecule has 27 heavy (non-hydrogen) atoms. The Labute approximate surface area is 180 Å². The van der Waals surface area contributed by atoms with Crippen LogP contribution in [0.25, 0.3) is 0 Å². The van der Waals surface area contributed by atoms with E-state index in [9.17, 15) is 9.59 Å². The molecular formula is C19H22ClIN2O4. The molecule has 0 saturated heterocycles. The van der Waals surface area contributed by atoms with E-state index in [4.69, 9.17) is 21.1 Å². The lowest BCUT2D eigenvalue weighted by molar-refractivity contribution is -0.671. The number of carbonyl (C=O) groups excluding carboxylic acids is 2. The molecule has 0 aliphatic heterocycles. The second-order valence-corrected chi connectivity index (χ2v) is 6.93. The summed E-state index contributed by atoms with van der Waals surface area (Å²) in [5.74, 6) is -0.228. The summed E-state index contributed by atoms with van der Waals surface area (Å²) < 4.78 is 12.4. The van der Waals surface area contributed by atoms with Crippen molar-refractivity contribution in [1.82, 2.24) is 5.32 Å². The molecule has 1 aromatic carbocycles. The Morgan fingerprint density at radius 2 is 1.70 bits per heavy atom. The van der Waals surface area contributed by atoms with E-state index in [0.29, 0.717) is 16.3 Å². The number of hydrogen-bond acceptors (Lipinski definition) is 4. The van der Waals surface area contributed by atoms with Gasteiger partial charge in [0.05, 0.1) is 11.1 Å². The minimum Gasteiger partial charge on any atom is -1.00 e. The average molecular weight is 505 g/mol. The van der Waals surface area contributed by atoms with Crippen molar-refractivity contribution in [3.05, 3.63) is 59.4 Å².